The van der Waals surface area contributed by atoms with Crippen LogP contribution in [0.25, 0.3) is 22.5 Å². The minimum Gasteiger partial charge on any atom is -0.478 e. The van der Waals surface area contributed by atoms with E-state index in [0.29, 0.717) is 48.8 Å². The molecule has 69 heavy (non-hydrogen) atoms. The average Bonchev–Trinajstić information content (AvgIpc) is 3.35. The van der Waals surface area contributed by atoms with Gasteiger partial charge < -0.3 is 25.6 Å². The topological polar surface area (TPSA) is 143 Å². The number of benzene rings is 4. The molecule has 0 unspecified atom stereocenters. The molecule has 2 fully saturated rings. The number of anilines is 2. The summed E-state index contributed by atoms with van der Waals surface area (Å²) in [6.07, 6.45) is -6.02. The number of carboxylic acid groups (broad SMARTS) is 1. The number of amides is 1. The number of nitrogens with zero attached hydrogens (tertiary/aromatic N) is 4. The van der Waals surface area contributed by atoms with Crippen LogP contribution in [0.15, 0.2) is 134 Å². The first kappa shape index (κ1) is 50.9. The summed E-state index contributed by atoms with van der Waals surface area (Å²) in [5.41, 5.74) is 8.43. The number of halogens is 6. The van der Waals surface area contributed by atoms with E-state index in [0.717, 1.165) is 74.8 Å². The van der Waals surface area contributed by atoms with E-state index in [2.05, 4.69) is 48.8 Å². The molecule has 4 N–H and O–H groups in total. The van der Waals surface area contributed by atoms with Crippen molar-refractivity contribution in [3.63, 3.8) is 0 Å². The molecule has 1 amide bonds. The molecule has 0 spiro atoms. The lowest BCUT2D eigenvalue weighted by molar-refractivity contribution is -0.138. The van der Waals surface area contributed by atoms with Crippen LogP contribution < -0.4 is 11.1 Å². The van der Waals surface area contributed by atoms with Gasteiger partial charge in [0, 0.05) is 61.1 Å². The number of aromatic carboxylic acids is 1. The summed E-state index contributed by atoms with van der Waals surface area (Å²) >= 11 is 0. The Kier molecular flexibility index (Phi) is 18.0. The van der Waals surface area contributed by atoms with Crippen LogP contribution in [0.1, 0.15) is 43.0 Å². The highest BCUT2D eigenvalue weighted by Gasteiger charge is 2.31. The van der Waals surface area contributed by atoms with Crippen LogP contribution in [0.3, 0.4) is 0 Å². The summed E-state index contributed by atoms with van der Waals surface area (Å²) in [6.45, 7) is 7.33. The van der Waals surface area contributed by atoms with Crippen LogP contribution in [0, 0.1) is 23.7 Å². The largest absolute Gasteiger partial charge is 0.478 e. The Labute approximate surface area is 394 Å². The smallest absolute Gasteiger partial charge is 0.416 e. The number of carboxylic acids is 1. The second-order valence-corrected chi connectivity index (χ2v) is 15.3. The predicted octanol–water partition coefficient (Wildman–Crippen LogP) is 9.12. The fourth-order valence-electron chi connectivity index (χ4n) is 6.72. The Balaban J connectivity index is 0.000000193. The van der Waals surface area contributed by atoms with Crippen molar-refractivity contribution in [3.05, 3.63) is 167 Å². The number of nitrogen functional groups attached to an aromatic ring is 1. The van der Waals surface area contributed by atoms with Gasteiger partial charge in [0.1, 0.15) is 0 Å². The number of hydrogen-bond donors (Lipinski definition) is 3. The molecule has 0 atom stereocenters. The molecule has 6 aromatic rings. The van der Waals surface area contributed by atoms with Crippen molar-refractivity contribution in [2.75, 3.05) is 76.7 Å². The van der Waals surface area contributed by atoms with Crippen LogP contribution in [0.4, 0.5) is 37.7 Å². The van der Waals surface area contributed by atoms with Crippen molar-refractivity contribution >= 4 is 23.3 Å². The number of morpholine rings is 2. The third-order valence-electron chi connectivity index (χ3n) is 10.3. The maximum absolute atomic E-state index is 13.0. The first-order valence-corrected chi connectivity index (χ1v) is 21.5. The fourth-order valence-corrected chi connectivity index (χ4v) is 6.72. The summed E-state index contributed by atoms with van der Waals surface area (Å²) in [5.74, 6) is 10.9. The summed E-state index contributed by atoms with van der Waals surface area (Å²) < 4.78 is 85.4. The standard InChI is InChI=1S/C26H22F3N3O2.C19H18N2O3.C7H6F3N/c27-26(28,29)22-9-4-10-23(17-22)31-25(33)21-16-20(8-5-11-32-12-14-34-15-13-32)24(30-18-21)19-6-2-1-3-7-19;22-19(23)17-13-16(7-4-8-21-9-11-24-12-10-21)18(20-14-17)15-5-2-1-3-6-15;8-7(9,10)5-2-1-3-6(11)4-5/h1-4,6-7,9-10,16-18H,11-15H2,(H,31,33);1-3,5-6,13-14H,8-12H2,(H,22,23);1-4H,11H2. The Morgan fingerprint density at radius 2 is 1.06 bits per heavy atom. The van der Waals surface area contributed by atoms with E-state index in [1.807, 2.05) is 60.7 Å². The number of hydrogen-bond acceptors (Lipinski definition) is 9. The lowest BCUT2D eigenvalue weighted by Crippen LogP contribution is -2.36. The molecule has 0 saturated carbocycles. The Morgan fingerprint density at radius 1 is 0.609 bits per heavy atom. The molecule has 0 aliphatic carbocycles. The van der Waals surface area contributed by atoms with Gasteiger partial charge in [0.25, 0.3) is 5.91 Å². The van der Waals surface area contributed by atoms with E-state index in [1.54, 1.807) is 12.1 Å². The van der Waals surface area contributed by atoms with Crippen molar-refractivity contribution < 1.29 is 50.5 Å². The minimum absolute atomic E-state index is 0.0481. The van der Waals surface area contributed by atoms with Crippen LogP contribution in [0.2, 0.25) is 0 Å². The van der Waals surface area contributed by atoms with Crippen LogP contribution in [0.5, 0.6) is 0 Å². The van der Waals surface area contributed by atoms with Gasteiger partial charge in [-0.3, -0.25) is 24.6 Å². The zero-order valence-corrected chi connectivity index (χ0v) is 37.0. The van der Waals surface area contributed by atoms with Crippen molar-refractivity contribution in [2.45, 2.75) is 12.4 Å². The molecule has 2 aliphatic heterocycles. The average molecular weight is 949 g/mol. The zero-order chi connectivity index (χ0) is 49.2. The van der Waals surface area contributed by atoms with Crippen LogP contribution in [-0.4, -0.2) is 102 Å². The van der Waals surface area contributed by atoms with Crippen LogP contribution >= 0.6 is 0 Å². The SMILES string of the molecule is Nc1cccc(C(F)(F)F)c1.O=C(Nc1cccc(C(F)(F)F)c1)c1cnc(-c2ccccc2)c(C#CCN2CCOCC2)c1.O=C(O)c1cnc(-c2ccccc2)c(C#CCN2CCOCC2)c1. The normalized spacial score (nSPS) is 13.9. The molecule has 11 nitrogen and oxygen atoms in total. The molecule has 0 bridgehead atoms. The van der Waals surface area contributed by atoms with Gasteiger partial charge in [-0.25, -0.2) is 4.79 Å². The maximum atomic E-state index is 13.0. The van der Waals surface area contributed by atoms with Gasteiger partial charge in [-0.15, -0.1) is 0 Å². The van der Waals surface area contributed by atoms with Crippen molar-refractivity contribution in [1.29, 1.82) is 0 Å². The van der Waals surface area contributed by atoms with E-state index in [1.165, 1.54) is 36.7 Å². The van der Waals surface area contributed by atoms with E-state index >= 15 is 0 Å². The highest BCUT2D eigenvalue weighted by atomic mass is 19.4. The summed E-state index contributed by atoms with van der Waals surface area (Å²) in [5, 5.41) is 11.7. The molecule has 2 aromatic heterocycles. The molecule has 0 radical (unpaired) electrons. The fraction of sp³-hybridized carbons (Fsp3) is 0.231. The third kappa shape index (κ3) is 15.8. The second-order valence-electron chi connectivity index (χ2n) is 15.3. The van der Waals surface area contributed by atoms with E-state index < -0.39 is 35.4 Å². The third-order valence-corrected chi connectivity index (χ3v) is 10.3. The Hall–Kier alpha value is -7.54. The number of alkyl halides is 6. The molecule has 17 heteroatoms. The van der Waals surface area contributed by atoms with Gasteiger partial charge >= 0.3 is 18.3 Å². The molecule has 4 aromatic carbocycles. The molecule has 8 rings (SSSR count). The minimum atomic E-state index is -4.50. The monoisotopic (exact) mass is 948 g/mol. The second kappa shape index (κ2) is 24.5. The van der Waals surface area contributed by atoms with Crippen molar-refractivity contribution in [3.8, 4) is 46.2 Å². The molecule has 356 valence electrons. The lowest BCUT2D eigenvalue weighted by Gasteiger charge is -2.24. The highest BCUT2D eigenvalue weighted by Crippen LogP contribution is 2.32. The van der Waals surface area contributed by atoms with Gasteiger partial charge in [-0.2, -0.15) is 26.3 Å². The van der Waals surface area contributed by atoms with Gasteiger partial charge in [0.05, 0.1) is 84.3 Å². The first-order chi connectivity index (χ1) is 33.1. The van der Waals surface area contributed by atoms with Crippen molar-refractivity contribution in [2.24, 2.45) is 0 Å². The summed E-state index contributed by atoms with van der Waals surface area (Å²) in [7, 11) is 0. The molecule has 2 saturated heterocycles. The Bertz CT molecular complexity index is 2790. The number of nitrogens with two attached hydrogens (primary N) is 1. The highest BCUT2D eigenvalue weighted by molar-refractivity contribution is 6.04. The van der Waals surface area contributed by atoms with Gasteiger partial charge in [-0.05, 0) is 48.5 Å². The molecule has 4 heterocycles. The number of carbonyl (C=O) groups is 2. The van der Waals surface area contributed by atoms with Gasteiger partial charge in [0.2, 0.25) is 0 Å². The predicted molar refractivity (Wildman–Crippen MR) is 250 cm³/mol. The number of carbonyl (C=O) groups excluding carboxylic acids is 1. The number of nitrogens with one attached hydrogen (secondary N) is 1. The summed E-state index contributed by atoms with van der Waals surface area (Å²) in [4.78, 5) is 37.2. The van der Waals surface area contributed by atoms with Gasteiger partial charge in [-0.1, -0.05) is 96.5 Å². The number of pyridine rings is 2. The van der Waals surface area contributed by atoms with Gasteiger partial charge in [0.15, 0.2) is 0 Å². The maximum Gasteiger partial charge on any atom is 0.416 e. The number of ether oxygens (including phenoxy) is 2. The van der Waals surface area contributed by atoms with E-state index in [-0.39, 0.29) is 22.5 Å². The molecular formula is C52H46F6N6O5. The number of rotatable bonds is 7. The number of aromatic nitrogens is 2. The quantitative estimate of drug-likeness (QED) is 0.0806. The van der Waals surface area contributed by atoms with Crippen molar-refractivity contribution in [1.82, 2.24) is 19.8 Å². The van der Waals surface area contributed by atoms with E-state index in [9.17, 15) is 41.0 Å². The molecule has 2 aliphatic rings. The molecular weight excluding hydrogens is 903 g/mol. The Morgan fingerprint density at radius 3 is 1.51 bits per heavy atom. The lowest BCUT2D eigenvalue weighted by atomic mass is 10.0. The first-order valence-electron chi connectivity index (χ1n) is 21.5. The summed E-state index contributed by atoms with van der Waals surface area (Å²) in [6, 6.07) is 31.4. The zero-order valence-electron chi connectivity index (χ0n) is 37.0. The van der Waals surface area contributed by atoms with E-state index in [4.69, 9.17) is 15.2 Å². The van der Waals surface area contributed by atoms with Crippen LogP contribution in [-0.2, 0) is 21.8 Å².